The summed E-state index contributed by atoms with van der Waals surface area (Å²) >= 11 is 0. The number of nitrogens with one attached hydrogen (secondary N) is 1. The number of hydrogen-bond donors (Lipinski definition) is 1. The van der Waals surface area contributed by atoms with Gasteiger partial charge >= 0.3 is 0 Å². The molecule has 0 spiro atoms. The van der Waals surface area contributed by atoms with Crippen LogP contribution in [0.2, 0.25) is 0 Å². The van der Waals surface area contributed by atoms with Gasteiger partial charge in [-0.05, 0) is 48.4 Å². The molecule has 1 aromatic heterocycles. The zero-order valence-electron chi connectivity index (χ0n) is 17.7. The molecule has 0 aliphatic heterocycles. The van der Waals surface area contributed by atoms with Gasteiger partial charge in [-0.25, -0.2) is 0 Å². The minimum absolute atomic E-state index is 0.251. The Morgan fingerprint density at radius 3 is 2.55 bits per heavy atom. The highest BCUT2D eigenvalue weighted by molar-refractivity contribution is 6.04. The highest BCUT2D eigenvalue weighted by Crippen LogP contribution is 2.29. The summed E-state index contributed by atoms with van der Waals surface area (Å²) in [4.78, 5) is 12.7. The Morgan fingerprint density at radius 1 is 0.935 bits per heavy atom. The van der Waals surface area contributed by atoms with Gasteiger partial charge in [0.15, 0.2) is 17.3 Å². The summed E-state index contributed by atoms with van der Waals surface area (Å²) in [7, 11) is 0. The number of ether oxygens (including phenoxy) is 2. The maximum atomic E-state index is 12.7. The first-order chi connectivity index (χ1) is 15.2. The van der Waals surface area contributed by atoms with Crippen molar-refractivity contribution in [2.45, 2.75) is 20.4 Å². The summed E-state index contributed by atoms with van der Waals surface area (Å²) in [5.41, 5.74) is 1.66. The van der Waals surface area contributed by atoms with E-state index in [1.54, 1.807) is 24.3 Å². The SMILES string of the molecule is CCOc1ccc(C(=O)Nc2ccn(Cc3cccc4ccccc34)n2)cc1OCC. The van der Waals surface area contributed by atoms with Crippen LogP contribution in [0.4, 0.5) is 5.82 Å². The first kappa shape index (κ1) is 20.5. The van der Waals surface area contributed by atoms with Crippen LogP contribution in [0, 0.1) is 0 Å². The third-order valence-corrected chi connectivity index (χ3v) is 4.90. The average Bonchev–Trinajstić information content (AvgIpc) is 3.22. The summed E-state index contributed by atoms with van der Waals surface area (Å²) in [6.45, 7) is 5.44. The molecule has 0 saturated heterocycles. The molecular formula is C25H25N3O3. The molecule has 158 valence electrons. The molecule has 4 rings (SSSR count). The predicted molar refractivity (Wildman–Crippen MR) is 122 cm³/mol. The van der Waals surface area contributed by atoms with Gasteiger partial charge in [-0.3, -0.25) is 9.48 Å². The molecule has 0 aliphatic carbocycles. The number of fused-ring (bicyclic) bond motifs is 1. The van der Waals surface area contributed by atoms with Gasteiger partial charge in [0.05, 0.1) is 19.8 Å². The number of carbonyl (C=O) groups excluding carboxylic acids is 1. The highest BCUT2D eigenvalue weighted by Gasteiger charge is 2.13. The minimum Gasteiger partial charge on any atom is -0.490 e. The fourth-order valence-corrected chi connectivity index (χ4v) is 3.50. The number of nitrogens with zero attached hydrogens (tertiary/aromatic N) is 2. The predicted octanol–water partition coefficient (Wildman–Crippen LogP) is 5.13. The maximum Gasteiger partial charge on any atom is 0.257 e. The number of benzene rings is 3. The lowest BCUT2D eigenvalue weighted by Gasteiger charge is -2.12. The second-order valence-corrected chi connectivity index (χ2v) is 7.02. The van der Waals surface area contributed by atoms with Crippen molar-refractivity contribution in [2.24, 2.45) is 0 Å². The summed E-state index contributed by atoms with van der Waals surface area (Å²) in [5, 5.41) is 9.76. The lowest BCUT2D eigenvalue weighted by atomic mass is 10.0. The molecule has 0 aliphatic rings. The molecule has 31 heavy (non-hydrogen) atoms. The van der Waals surface area contributed by atoms with Gasteiger partial charge in [0, 0.05) is 17.8 Å². The zero-order valence-corrected chi connectivity index (χ0v) is 17.7. The molecule has 6 nitrogen and oxygen atoms in total. The molecule has 0 bridgehead atoms. The number of hydrogen-bond acceptors (Lipinski definition) is 4. The van der Waals surface area contributed by atoms with Gasteiger partial charge in [-0.2, -0.15) is 5.10 Å². The fraction of sp³-hybridized carbons (Fsp3) is 0.200. The second-order valence-electron chi connectivity index (χ2n) is 7.02. The molecule has 3 aromatic carbocycles. The van der Waals surface area contributed by atoms with Crippen molar-refractivity contribution in [2.75, 3.05) is 18.5 Å². The number of carbonyl (C=O) groups is 1. The molecule has 0 unspecified atom stereocenters. The van der Waals surface area contributed by atoms with Crippen LogP contribution in [-0.4, -0.2) is 28.9 Å². The Bertz CT molecular complexity index is 1190. The second kappa shape index (κ2) is 9.34. The van der Waals surface area contributed by atoms with Crippen LogP contribution < -0.4 is 14.8 Å². The van der Waals surface area contributed by atoms with Crippen molar-refractivity contribution in [1.29, 1.82) is 0 Å². The Balaban J connectivity index is 1.48. The summed E-state index contributed by atoms with van der Waals surface area (Å²) in [6, 6.07) is 21.5. The minimum atomic E-state index is -0.251. The molecule has 0 atom stereocenters. The van der Waals surface area contributed by atoms with Gasteiger partial charge in [0.1, 0.15) is 0 Å². The molecule has 1 amide bonds. The van der Waals surface area contributed by atoms with Gasteiger partial charge in [-0.1, -0.05) is 42.5 Å². The topological polar surface area (TPSA) is 65.4 Å². The van der Waals surface area contributed by atoms with Crippen molar-refractivity contribution in [3.63, 3.8) is 0 Å². The van der Waals surface area contributed by atoms with Gasteiger partial charge in [0.25, 0.3) is 5.91 Å². The van der Waals surface area contributed by atoms with Gasteiger partial charge in [0.2, 0.25) is 0 Å². The Morgan fingerprint density at radius 2 is 1.71 bits per heavy atom. The summed E-state index contributed by atoms with van der Waals surface area (Å²) < 4.78 is 13.0. The van der Waals surface area contributed by atoms with Crippen LogP contribution in [0.15, 0.2) is 72.9 Å². The highest BCUT2D eigenvalue weighted by atomic mass is 16.5. The van der Waals surface area contributed by atoms with Crippen LogP contribution in [0.25, 0.3) is 10.8 Å². The first-order valence-corrected chi connectivity index (χ1v) is 10.4. The molecule has 1 heterocycles. The number of amides is 1. The number of aromatic nitrogens is 2. The van der Waals surface area contributed by atoms with E-state index in [0.29, 0.717) is 42.6 Å². The average molecular weight is 415 g/mol. The van der Waals surface area contributed by atoms with Crippen LogP contribution in [0.1, 0.15) is 29.8 Å². The fourth-order valence-electron chi connectivity index (χ4n) is 3.50. The van der Waals surface area contributed by atoms with Crippen LogP contribution in [-0.2, 0) is 6.54 Å². The first-order valence-electron chi connectivity index (χ1n) is 10.4. The smallest absolute Gasteiger partial charge is 0.257 e. The maximum absolute atomic E-state index is 12.7. The largest absolute Gasteiger partial charge is 0.490 e. The van der Waals surface area contributed by atoms with E-state index in [1.165, 1.54) is 16.3 Å². The third kappa shape index (κ3) is 4.69. The Hall–Kier alpha value is -3.80. The van der Waals surface area contributed by atoms with E-state index in [2.05, 4.69) is 34.7 Å². The van der Waals surface area contributed by atoms with Crippen molar-refractivity contribution in [1.82, 2.24) is 9.78 Å². The molecule has 0 radical (unpaired) electrons. The van der Waals surface area contributed by atoms with E-state index in [-0.39, 0.29) is 5.91 Å². The Kier molecular flexibility index (Phi) is 6.17. The third-order valence-electron chi connectivity index (χ3n) is 4.90. The van der Waals surface area contributed by atoms with Gasteiger partial charge < -0.3 is 14.8 Å². The summed E-state index contributed by atoms with van der Waals surface area (Å²) in [6.07, 6.45) is 1.86. The lowest BCUT2D eigenvalue weighted by Crippen LogP contribution is -2.13. The van der Waals surface area contributed by atoms with E-state index < -0.39 is 0 Å². The number of rotatable bonds is 8. The lowest BCUT2D eigenvalue weighted by molar-refractivity contribution is 0.102. The molecule has 0 fully saturated rings. The molecule has 6 heteroatoms. The molecule has 4 aromatic rings. The monoisotopic (exact) mass is 415 g/mol. The van der Waals surface area contributed by atoms with Crippen LogP contribution >= 0.6 is 0 Å². The van der Waals surface area contributed by atoms with E-state index in [4.69, 9.17) is 9.47 Å². The normalized spacial score (nSPS) is 10.8. The van der Waals surface area contributed by atoms with Crippen molar-refractivity contribution in [3.05, 3.63) is 84.1 Å². The van der Waals surface area contributed by atoms with Crippen LogP contribution in [0.3, 0.4) is 0 Å². The van der Waals surface area contributed by atoms with E-state index >= 15 is 0 Å². The van der Waals surface area contributed by atoms with Crippen LogP contribution in [0.5, 0.6) is 11.5 Å². The Labute approximate surface area is 181 Å². The zero-order chi connectivity index (χ0) is 21.6. The number of anilines is 1. The summed E-state index contributed by atoms with van der Waals surface area (Å²) in [5.74, 6) is 1.43. The van der Waals surface area contributed by atoms with E-state index in [9.17, 15) is 4.79 Å². The molecule has 0 saturated carbocycles. The molecular weight excluding hydrogens is 390 g/mol. The standard InChI is InChI=1S/C25H25N3O3/c1-3-30-22-13-12-19(16-23(22)31-4-2)25(29)26-24-14-15-28(27-24)17-20-10-7-9-18-8-5-6-11-21(18)20/h5-16H,3-4,17H2,1-2H3,(H,26,27,29). The van der Waals surface area contributed by atoms with Crippen molar-refractivity contribution in [3.8, 4) is 11.5 Å². The van der Waals surface area contributed by atoms with E-state index in [0.717, 1.165) is 0 Å². The van der Waals surface area contributed by atoms with E-state index in [1.807, 2.05) is 42.9 Å². The van der Waals surface area contributed by atoms with Crippen molar-refractivity contribution < 1.29 is 14.3 Å². The quantitative estimate of drug-likeness (QED) is 0.433. The van der Waals surface area contributed by atoms with Gasteiger partial charge in [-0.15, -0.1) is 0 Å². The molecule has 1 N–H and O–H groups in total. The van der Waals surface area contributed by atoms with Crippen molar-refractivity contribution >= 4 is 22.5 Å².